The molecule has 0 radical (unpaired) electrons. The molecule has 0 saturated heterocycles. The molecule has 2 aromatic carbocycles. The Labute approximate surface area is 157 Å². The highest BCUT2D eigenvalue weighted by Crippen LogP contribution is 2.43. The lowest BCUT2D eigenvalue weighted by atomic mass is 9.79. The maximum absolute atomic E-state index is 13.4. The van der Waals surface area contributed by atoms with E-state index in [0.717, 1.165) is 49.8 Å². The van der Waals surface area contributed by atoms with Crippen molar-refractivity contribution in [3.05, 3.63) is 71.8 Å². The fraction of sp³-hybridized carbons (Fsp3) is 0.435. The first kappa shape index (κ1) is 18.7. The van der Waals surface area contributed by atoms with Gasteiger partial charge in [-0.1, -0.05) is 73.5 Å². The molecular weight excluding hydrogens is 322 g/mol. The lowest BCUT2D eigenvalue weighted by Gasteiger charge is -2.30. The zero-order chi connectivity index (χ0) is 18.4. The highest BCUT2D eigenvalue weighted by molar-refractivity contribution is 5.84. The molecule has 2 aromatic rings. The van der Waals surface area contributed by atoms with Crippen LogP contribution in [0.4, 0.5) is 0 Å². The Morgan fingerprint density at radius 3 is 2.15 bits per heavy atom. The van der Waals surface area contributed by atoms with Crippen LogP contribution in [0.3, 0.4) is 0 Å². The van der Waals surface area contributed by atoms with E-state index < -0.39 is 5.41 Å². The molecule has 0 heterocycles. The van der Waals surface area contributed by atoms with Crippen LogP contribution in [-0.4, -0.2) is 26.6 Å². The van der Waals surface area contributed by atoms with Crippen molar-refractivity contribution in [3.63, 3.8) is 0 Å². The van der Waals surface area contributed by atoms with Gasteiger partial charge in [0.05, 0.1) is 26.1 Å². The summed E-state index contributed by atoms with van der Waals surface area (Å²) in [6, 6.07) is 20.4. The summed E-state index contributed by atoms with van der Waals surface area (Å²) in [7, 11) is 4.26. The lowest BCUT2D eigenvalue weighted by Crippen LogP contribution is -3.05. The Morgan fingerprint density at radius 2 is 1.58 bits per heavy atom. The van der Waals surface area contributed by atoms with Crippen LogP contribution in [0, 0.1) is 0 Å². The number of hydrogen-bond donors (Lipinski definition) is 1. The number of quaternary nitrogens is 1. The van der Waals surface area contributed by atoms with Crippen molar-refractivity contribution in [1.82, 2.24) is 0 Å². The number of benzene rings is 2. The molecule has 0 aliphatic heterocycles. The summed E-state index contributed by atoms with van der Waals surface area (Å²) in [6.07, 6.45) is 4.60. The standard InChI is InChI=1S/C23H29NO2/c1-24(2)18-15-21(19-11-5-3-6-12-19)26-22(25)23(16-9-10-17-23)20-13-7-4-8-14-20/h3-8,11-14,21H,9-10,15-18H2,1-2H3/p+1/t21-/m0/s1. The smallest absolute Gasteiger partial charge is 0.317 e. The normalized spacial score (nSPS) is 17.2. The molecule has 26 heavy (non-hydrogen) atoms. The summed E-state index contributed by atoms with van der Waals surface area (Å²) in [5, 5.41) is 0. The van der Waals surface area contributed by atoms with Gasteiger partial charge in [-0.15, -0.1) is 0 Å². The SMILES string of the molecule is C[NH+](C)CC[C@H](OC(=O)C1(c2ccccc2)CCCC1)c1ccccc1. The van der Waals surface area contributed by atoms with Gasteiger partial charge < -0.3 is 9.64 Å². The third-order valence-electron chi connectivity index (χ3n) is 5.50. The molecule has 1 aliphatic carbocycles. The van der Waals surface area contributed by atoms with Crippen molar-refractivity contribution < 1.29 is 14.4 Å². The summed E-state index contributed by atoms with van der Waals surface area (Å²) in [6.45, 7) is 0.963. The van der Waals surface area contributed by atoms with Gasteiger partial charge in [-0.25, -0.2) is 0 Å². The average Bonchev–Trinajstić information content (AvgIpc) is 3.17. The highest BCUT2D eigenvalue weighted by atomic mass is 16.5. The first-order chi connectivity index (χ1) is 12.6. The molecule has 0 bridgehead atoms. The largest absolute Gasteiger partial charge is 0.457 e. The molecule has 1 saturated carbocycles. The summed E-state index contributed by atoms with van der Waals surface area (Å²) in [4.78, 5) is 14.7. The first-order valence-corrected chi connectivity index (χ1v) is 9.72. The van der Waals surface area contributed by atoms with Gasteiger partial charge in [0.25, 0.3) is 0 Å². The second kappa shape index (κ2) is 8.50. The minimum Gasteiger partial charge on any atom is -0.457 e. The van der Waals surface area contributed by atoms with Crippen LogP contribution in [0.2, 0.25) is 0 Å². The molecule has 1 atom stereocenters. The van der Waals surface area contributed by atoms with E-state index >= 15 is 0 Å². The van der Waals surface area contributed by atoms with Crippen molar-refractivity contribution >= 4 is 5.97 Å². The predicted molar refractivity (Wildman–Crippen MR) is 104 cm³/mol. The van der Waals surface area contributed by atoms with Crippen LogP contribution in [0.5, 0.6) is 0 Å². The number of carbonyl (C=O) groups is 1. The summed E-state index contributed by atoms with van der Waals surface area (Å²) < 4.78 is 6.18. The monoisotopic (exact) mass is 352 g/mol. The Bertz CT molecular complexity index is 691. The third kappa shape index (κ3) is 4.16. The molecule has 0 aromatic heterocycles. The Hall–Kier alpha value is -2.13. The van der Waals surface area contributed by atoms with Crippen LogP contribution in [0.15, 0.2) is 60.7 Å². The van der Waals surface area contributed by atoms with Crippen LogP contribution in [0.25, 0.3) is 0 Å². The van der Waals surface area contributed by atoms with E-state index in [0.29, 0.717) is 0 Å². The molecule has 1 fully saturated rings. The maximum atomic E-state index is 13.4. The highest BCUT2D eigenvalue weighted by Gasteiger charge is 2.45. The van der Waals surface area contributed by atoms with Gasteiger partial charge in [0.1, 0.15) is 6.10 Å². The van der Waals surface area contributed by atoms with Crippen LogP contribution in [0.1, 0.15) is 49.3 Å². The first-order valence-electron chi connectivity index (χ1n) is 9.72. The second-order valence-electron chi connectivity index (χ2n) is 7.71. The number of rotatable bonds is 7. The molecule has 3 heteroatoms. The average molecular weight is 352 g/mol. The minimum atomic E-state index is -0.473. The van der Waals surface area contributed by atoms with E-state index in [1.54, 1.807) is 0 Å². The van der Waals surface area contributed by atoms with Crippen molar-refractivity contribution in [2.75, 3.05) is 20.6 Å². The Balaban J connectivity index is 1.83. The summed E-state index contributed by atoms with van der Waals surface area (Å²) >= 11 is 0. The number of nitrogens with one attached hydrogen (secondary N) is 1. The van der Waals surface area contributed by atoms with Crippen LogP contribution < -0.4 is 4.90 Å². The molecule has 1 aliphatic rings. The zero-order valence-electron chi connectivity index (χ0n) is 15.9. The van der Waals surface area contributed by atoms with Gasteiger partial charge in [-0.3, -0.25) is 4.79 Å². The number of esters is 1. The third-order valence-corrected chi connectivity index (χ3v) is 5.50. The van der Waals surface area contributed by atoms with Gasteiger partial charge in [0.15, 0.2) is 0 Å². The molecule has 0 spiro atoms. The molecule has 0 unspecified atom stereocenters. The van der Waals surface area contributed by atoms with Crippen LogP contribution in [-0.2, 0) is 14.9 Å². The zero-order valence-corrected chi connectivity index (χ0v) is 15.9. The minimum absolute atomic E-state index is 0.0520. The van der Waals surface area contributed by atoms with Gasteiger partial charge in [-0.05, 0) is 24.0 Å². The summed E-state index contributed by atoms with van der Waals surface area (Å²) in [5.74, 6) is -0.0520. The molecule has 3 rings (SSSR count). The molecule has 0 amide bonds. The number of carbonyl (C=O) groups excluding carboxylic acids is 1. The number of hydrogen-bond acceptors (Lipinski definition) is 2. The maximum Gasteiger partial charge on any atom is 0.317 e. The van der Waals surface area contributed by atoms with E-state index in [2.05, 4.69) is 38.4 Å². The van der Waals surface area contributed by atoms with E-state index in [1.807, 2.05) is 36.4 Å². The van der Waals surface area contributed by atoms with Gasteiger partial charge in [0, 0.05) is 6.42 Å². The second-order valence-corrected chi connectivity index (χ2v) is 7.71. The van der Waals surface area contributed by atoms with Crippen molar-refractivity contribution in [1.29, 1.82) is 0 Å². The van der Waals surface area contributed by atoms with Crippen molar-refractivity contribution in [2.45, 2.75) is 43.6 Å². The van der Waals surface area contributed by atoms with Gasteiger partial charge in [-0.2, -0.15) is 0 Å². The number of ether oxygens (including phenoxy) is 1. The topological polar surface area (TPSA) is 30.7 Å². The molecule has 1 N–H and O–H groups in total. The van der Waals surface area contributed by atoms with E-state index in [1.165, 1.54) is 4.90 Å². The molecular formula is C23H30NO2+. The predicted octanol–water partition coefficient (Wildman–Crippen LogP) is 3.32. The Kier molecular flexibility index (Phi) is 6.10. The van der Waals surface area contributed by atoms with E-state index in [4.69, 9.17) is 4.74 Å². The summed E-state index contributed by atoms with van der Waals surface area (Å²) in [5.41, 5.74) is 1.72. The molecule has 138 valence electrons. The van der Waals surface area contributed by atoms with Crippen LogP contribution >= 0.6 is 0 Å². The van der Waals surface area contributed by atoms with Gasteiger partial charge >= 0.3 is 5.97 Å². The van der Waals surface area contributed by atoms with Crippen molar-refractivity contribution in [3.8, 4) is 0 Å². The Morgan fingerprint density at radius 1 is 1.00 bits per heavy atom. The van der Waals surface area contributed by atoms with Gasteiger partial charge in [0.2, 0.25) is 0 Å². The van der Waals surface area contributed by atoms with Crippen molar-refractivity contribution in [2.24, 2.45) is 0 Å². The van der Waals surface area contributed by atoms with E-state index in [9.17, 15) is 4.79 Å². The fourth-order valence-corrected chi connectivity index (χ4v) is 3.97. The quantitative estimate of drug-likeness (QED) is 0.775. The lowest BCUT2D eigenvalue weighted by molar-refractivity contribution is -0.858. The van der Waals surface area contributed by atoms with E-state index in [-0.39, 0.29) is 12.1 Å². The fourth-order valence-electron chi connectivity index (χ4n) is 3.97. The molecule has 3 nitrogen and oxygen atoms in total.